The van der Waals surface area contributed by atoms with Crippen LogP contribution in [0.4, 0.5) is 5.82 Å². The summed E-state index contributed by atoms with van der Waals surface area (Å²) in [5.41, 5.74) is 9.56. The molecule has 5 N–H and O–H groups in total. The second kappa shape index (κ2) is 9.22. The Morgan fingerprint density at radius 2 is 2.00 bits per heavy atom. The molecule has 4 aromatic rings. The third-order valence-corrected chi connectivity index (χ3v) is 9.70. The molecule has 41 heavy (non-hydrogen) atoms. The number of hydrogen-bond acceptors (Lipinski definition) is 8. The largest absolute Gasteiger partial charge is 0.387 e. The van der Waals surface area contributed by atoms with Crippen LogP contribution in [0.5, 0.6) is 0 Å². The van der Waals surface area contributed by atoms with Crippen LogP contribution in [0.1, 0.15) is 77.1 Å². The molecule has 2 aliphatic carbocycles. The maximum atomic E-state index is 11.6. The van der Waals surface area contributed by atoms with E-state index in [-0.39, 0.29) is 17.5 Å². The molecule has 10 heteroatoms. The number of imidazole rings is 1. The van der Waals surface area contributed by atoms with E-state index in [1.807, 2.05) is 12.1 Å². The van der Waals surface area contributed by atoms with Gasteiger partial charge in [0, 0.05) is 18.5 Å². The molecule has 4 heterocycles. The van der Waals surface area contributed by atoms with Crippen molar-refractivity contribution < 1.29 is 14.9 Å². The summed E-state index contributed by atoms with van der Waals surface area (Å²) >= 11 is 0. The summed E-state index contributed by atoms with van der Waals surface area (Å²) in [5, 5.41) is 27.2. The van der Waals surface area contributed by atoms with Crippen molar-refractivity contribution in [3.05, 3.63) is 53.7 Å². The minimum Gasteiger partial charge on any atom is -0.387 e. The second-order valence-electron chi connectivity index (χ2n) is 13.7. The fourth-order valence-electron chi connectivity index (χ4n) is 7.30. The zero-order valence-electron chi connectivity index (χ0n) is 24.5. The smallest absolute Gasteiger partial charge is 0.151 e. The Morgan fingerprint density at radius 3 is 2.68 bits per heavy atom. The van der Waals surface area contributed by atoms with Crippen molar-refractivity contribution in [2.24, 2.45) is 5.92 Å². The molecule has 1 saturated heterocycles. The SMILES string of the molecule is CC(C)N(C1CC(CCc2nc3ccc(C(C)(C)C)cc3[nH]2)C1)C1C2OC(c3ccc4c(N)ncnn34)C(O)C21O. The molecular formula is C31H41N7O3. The molecule has 3 fully saturated rings. The zero-order chi connectivity index (χ0) is 28.8. The first kappa shape index (κ1) is 26.8. The fraction of sp³-hybridized carbons (Fsp3) is 0.581. The molecule has 7 rings (SSSR count). The van der Waals surface area contributed by atoms with Crippen LogP contribution in [0, 0.1) is 5.92 Å². The summed E-state index contributed by atoms with van der Waals surface area (Å²) < 4.78 is 7.96. The fourth-order valence-corrected chi connectivity index (χ4v) is 7.30. The van der Waals surface area contributed by atoms with Crippen LogP contribution in [-0.2, 0) is 16.6 Å². The number of hydrogen-bond donors (Lipinski definition) is 4. The lowest BCUT2D eigenvalue weighted by atomic mass is 9.76. The number of aliphatic hydroxyl groups is 2. The van der Waals surface area contributed by atoms with E-state index in [1.165, 1.54) is 11.9 Å². The van der Waals surface area contributed by atoms with E-state index in [4.69, 9.17) is 15.5 Å². The number of aromatic nitrogens is 5. The molecule has 3 aliphatic rings. The second-order valence-corrected chi connectivity index (χ2v) is 13.7. The summed E-state index contributed by atoms with van der Waals surface area (Å²) in [6.45, 7) is 11.0. The van der Waals surface area contributed by atoms with Gasteiger partial charge in [-0.05, 0) is 74.3 Å². The molecule has 1 aliphatic heterocycles. The monoisotopic (exact) mass is 559 g/mol. The molecule has 218 valence electrons. The van der Waals surface area contributed by atoms with Gasteiger partial charge in [-0.25, -0.2) is 14.5 Å². The van der Waals surface area contributed by atoms with E-state index in [1.54, 1.807) is 4.52 Å². The van der Waals surface area contributed by atoms with Gasteiger partial charge in [-0.1, -0.05) is 26.8 Å². The predicted molar refractivity (Wildman–Crippen MR) is 156 cm³/mol. The summed E-state index contributed by atoms with van der Waals surface area (Å²) in [7, 11) is 0. The number of aromatic amines is 1. The maximum Gasteiger partial charge on any atom is 0.151 e. The van der Waals surface area contributed by atoms with Gasteiger partial charge in [-0.15, -0.1) is 0 Å². The summed E-state index contributed by atoms with van der Waals surface area (Å²) in [6, 6.07) is 10.5. The van der Waals surface area contributed by atoms with Gasteiger partial charge in [0.25, 0.3) is 0 Å². The van der Waals surface area contributed by atoms with Crippen molar-refractivity contribution in [1.29, 1.82) is 0 Å². The number of anilines is 1. The molecule has 1 aromatic carbocycles. The van der Waals surface area contributed by atoms with Crippen molar-refractivity contribution >= 4 is 22.4 Å². The van der Waals surface area contributed by atoms with Crippen LogP contribution in [0.3, 0.4) is 0 Å². The van der Waals surface area contributed by atoms with Crippen LogP contribution in [0.25, 0.3) is 16.6 Å². The van der Waals surface area contributed by atoms with Crippen LogP contribution >= 0.6 is 0 Å². The molecule has 0 spiro atoms. The summed E-state index contributed by atoms with van der Waals surface area (Å²) in [5.74, 6) is 2.03. The van der Waals surface area contributed by atoms with E-state index < -0.39 is 23.9 Å². The number of fused-ring (bicyclic) bond motifs is 3. The number of nitrogen functional groups attached to an aromatic ring is 1. The average Bonchev–Trinajstić information content (AvgIpc) is 3.26. The Hall–Kier alpha value is -3.05. The number of benzene rings is 1. The van der Waals surface area contributed by atoms with Crippen molar-refractivity contribution in [2.45, 2.75) is 108 Å². The van der Waals surface area contributed by atoms with Crippen LogP contribution < -0.4 is 5.73 Å². The highest BCUT2D eigenvalue weighted by Crippen LogP contribution is 2.59. The summed E-state index contributed by atoms with van der Waals surface area (Å²) in [6.07, 6.45) is 3.37. The van der Waals surface area contributed by atoms with Gasteiger partial charge < -0.3 is 25.7 Å². The van der Waals surface area contributed by atoms with Crippen LogP contribution in [0.2, 0.25) is 0 Å². The number of nitrogens with two attached hydrogens (primary N) is 1. The normalized spacial score (nSPS) is 31.3. The molecule has 2 saturated carbocycles. The Balaban J connectivity index is 0.986. The van der Waals surface area contributed by atoms with Crippen LogP contribution in [-0.4, -0.2) is 75.6 Å². The topological polar surface area (TPSA) is 138 Å². The maximum absolute atomic E-state index is 11.6. The Morgan fingerprint density at radius 1 is 1.22 bits per heavy atom. The number of aliphatic hydroxyl groups excluding tert-OH is 1. The van der Waals surface area contributed by atoms with E-state index in [0.29, 0.717) is 29.0 Å². The minimum atomic E-state index is -1.30. The van der Waals surface area contributed by atoms with Gasteiger partial charge in [0.05, 0.1) is 22.8 Å². The molecule has 10 nitrogen and oxygen atoms in total. The van der Waals surface area contributed by atoms with E-state index >= 15 is 0 Å². The van der Waals surface area contributed by atoms with Crippen LogP contribution in [0.15, 0.2) is 36.7 Å². The highest BCUT2D eigenvalue weighted by Gasteiger charge is 2.79. The number of ether oxygens (including phenoxy) is 1. The van der Waals surface area contributed by atoms with E-state index in [9.17, 15) is 10.2 Å². The van der Waals surface area contributed by atoms with Crippen molar-refractivity contribution in [1.82, 2.24) is 29.5 Å². The quantitative estimate of drug-likeness (QED) is 0.270. The Bertz CT molecular complexity index is 1600. The van der Waals surface area contributed by atoms with Gasteiger partial charge >= 0.3 is 0 Å². The number of nitrogens with zero attached hydrogens (tertiary/aromatic N) is 5. The Kier molecular flexibility index (Phi) is 6.04. The number of nitrogens with one attached hydrogen (secondary N) is 1. The number of rotatable bonds is 7. The molecule has 3 aromatic heterocycles. The lowest BCUT2D eigenvalue weighted by Crippen LogP contribution is -2.53. The summed E-state index contributed by atoms with van der Waals surface area (Å²) in [4.78, 5) is 14.8. The number of H-pyrrole nitrogens is 1. The van der Waals surface area contributed by atoms with E-state index in [2.05, 4.69) is 72.8 Å². The molecule has 0 bridgehead atoms. The van der Waals surface area contributed by atoms with Crippen molar-refractivity contribution in [3.63, 3.8) is 0 Å². The van der Waals surface area contributed by atoms with Gasteiger partial charge in [0.1, 0.15) is 41.6 Å². The average molecular weight is 560 g/mol. The standard InChI is InChI=1S/C31H41N7O3/c1-16(2)37(19-12-17(13-19)6-11-24-35-20-8-7-18(30(3,4)5)14-21(20)36-24)26-28-31(26,40)27(39)25(41-28)22-9-10-23-29(32)33-15-34-38(22)23/h7-10,14-17,19,25-28,39-40H,6,11-13H2,1-5H3,(H,35,36)(H2,32,33,34). The highest BCUT2D eigenvalue weighted by molar-refractivity contribution is 5.76. The van der Waals surface area contributed by atoms with Gasteiger partial charge in [0.2, 0.25) is 0 Å². The van der Waals surface area contributed by atoms with Gasteiger partial charge in [0.15, 0.2) is 5.82 Å². The molecule has 5 atom stereocenters. The third kappa shape index (κ3) is 4.18. The molecule has 0 amide bonds. The molecule has 0 radical (unpaired) electrons. The zero-order valence-corrected chi connectivity index (χ0v) is 24.5. The minimum absolute atomic E-state index is 0.109. The van der Waals surface area contributed by atoms with Crippen molar-refractivity contribution in [3.8, 4) is 0 Å². The first-order valence-corrected chi connectivity index (χ1v) is 14.9. The van der Waals surface area contributed by atoms with Gasteiger partial charge in [-0.3, -0.25) is 4.90 Å². The van der Waals surface area contributed by atoms with Gasteiger partial charge in [-0.2, -0.15) is 5.10 Å². The first-order valence-electron chi connectivity index (χ1n) is 14.9. The lowest BCUT2D eigenvalue weighted by molar-refractivity contribution is -0.0804. The third-order valence-electron chi connectivity index (χ3n) is 9.70. The predicted octanol–water partition coefficient (Wildman–Crippen LogP) is 3.52. The molecule has 5 unspecified atom stereocenters. The highest BCUT2D eigenvalue weighted by atomic mass is 16.6. The Labute approximate surface area is 239 Å². The first-order chi connectivity index (χ1) is 19.5. The molecular weight excluding hydrogens is 518 g/mol. The van der Waals surface area contributed by atoms with E-state index in [0.717, 1.165) is 42.5 Å². The lowest BCUT2D eigenvalue weighted by Gasteiger charge is -2.46. The number of aryl methyl sites for hydroxylation is 1. The van der Waals surface area contributed by atoms with Crippen molar-refractivity contribution in [2.75, 3.05) is 5.73 Å².